The van der Waals surface area contributed by atoms with Crippen molar-refractivity contribution in [2.24, 2.45) is 17.8 Å². The van der Waals surface area contributed by atoms with Gasteiger partial charge in [0, 0.05) is 6.54 Å². The van der Waals surface area contributed by atoms with E-state index >= 15 is 0 Å². The van der Waals surface area contributed by atoms with E-state index in [2.05, 4.69) is 20.1 Å². The maximum atomic E-state index is 3.79. The Balaban J connectivity index is 1.65. The van der Waals surface area contributed by atoms with E-state index in [1.54, 1.807) is 0 Å². The van der Waals surface area contributed by atoms with Crippen LogP contribution in [0.5, 0.6) is 0 Å². The van der Waals surface area contributed by atoms with Crippen LogP contribution < -0.4 is 5.32 Å². The molecule has 1 aromatic rings. The second-order valence-corrected chi connectivity index (χ2v) is 3.81. The number of rotatable bonds is 2. The molecule has 1 aromatic heterocycles. The van der Waals surface area contributed by atoms with Gasteiger partial charge in [0.2, 0.25) is 0 Å². The van der Waals surface area contributed by atoms with Crippen molar-refractivity contribution in [2.75, 3.05) is 13.1 Å². The Kier molecular flexibility index (Phi) is 1.26. The molecule has 1 aliphatic carbocycles. The molecule has 2 aliphatic rings. The molecule has 1 unspecified atom stereocenters. The van der Waals surface area contributed by atoms with Gasteiger partial charge in [-0.1, -0.05) is 0 Å². The lowest BCUT2D eigenvalue weighted by molar-refractivity contribution is 0.515. The molecule has 1 saturated carbocycles. The van der Waals surface area contributed by atoms with Crippen LogP contribution in [0.1, 0.15) is 0 Å². The van der Waals surface area contributed by atoms with Crippen molar-refractivity contribution in [3.05, 3.63) is 12.7 Å². The summed E-state index contributed by atoms with van der Waals surface area (Å²) in [6.07, 6.45) is 3.61. The van der Waals surface area contributed by atoms with E-state index in [9.17, 15) is 0 Å². The van der Waals surface area contributed by atoms with Crippen molar-refractivity contribution >= 4 is 0 Å². The molecule has 2 fully saturated rings. The van der Waals surface area contributed by atoms with Gasteiger partial charge in [-0.25, -0.2) is 0 Å². The van der Waals surface area contributed by atoms with E-state index < -0.39 is 0 Å². The van der Waals surface area contributed by atoms with Crippen molar-refractivity contribution < 1.29 is 0 Å². The Morgan fingerprint density at radius 2 is 1.92 bits per heavy atom. The summed E-state index contributed by atoms with van der Waals surface area (Å²) in [4.78, 5) is 0. The maximum Gasteiger partial charge on any atom is 0.119 e. The van der Waals surface area contributed by atoms with E-state index in [1.807, 2.05) is 12.7 Å². The maximum absolute atomic E-state index is 3.79. The quantitative estimate of drug-likeness (QED) is 0.655. The topological polar surface area (TPSA) is 42.7 Å². The lowest BCUT2D eigenvalue weighted by atomic mass is 10.3. The molecule has 3 rings (SSSR count). The first kappa shape index (κ1) is 6.60. The zero-order valence-corrected chi connectivity index (χ0v) is 6.85. The SMILES string of the molecule is c1nncn1CC1[C@H]2CNC[C@@H]12. The first-order valence-corrected chi connectivity index (χ1v) is 4.48. The van der Waals surface area contributed by atoms with Crippen LogP contribution in [-0.4, -0.2) is 27.9 Å². The number of hydrogen-bond acceptors (Lipinski definition) is 3. The van der Waals surface area contributed by atoms with Gasteiger partial charge in [0.05, 0.1) is 0 Å². The largest absolute Gasteiger partial charge is 0.320 e. The molecular weight excluding hydrogens is 152 g/mol. The van der Waals surface area contributed by atoms with Crippen LogP contribution in [0.2, 0.25) is 0 Å². The van der Waals surface area contributed by atoms with Crippen molar-refractivity contribution in [2.45, 2.75) is 6.54 Å². The van der Waals surface area contributed by atoms with Crippen molar-refractivity contribution in [1.82, 2.24) is 20.1 Å². The van der Waals surface area contributed by atoms with E-state index in [0.717, 1.165) is 24.3 Å². The predicted molar refractivity (Wildman–Crippen MR) is 43.4 cm³/mol. The van der Waals surface area contributed by atoms with Gasteiger partial charge in [0.25, 0.3) is 0 Å². The molecular formula is C8H12N4. The minimum Gasteiger partial charge on any atom is -0.320 e. The van der Waals surface area contributed by atoms with Crippen molar-refractivity contribution in [3.63, 3.8) is 0 Å². The van der Waals surface area contributed by atoms with E-state index in [1.165, 1.54) is 13.1 Å². The molecule has 64 valence electrons. The molecule has 0 spiro atoms. The average molecular weight is 164 g/mol. The number of nitrogens with zero attached hydrogens (tertiary/aromatic N) is 3. The van der Waals surface area contributed by atoms with E-state index in [0.29, 0.717) is 0 Å². The second-order valence-electron chi connectivity index (χ2n) is 3.81. The molecule has 2 heterocycles. The summed E-state index contributed by atoms with van der Waals surface area (Å²) in [5.41, 5.74) is 0. The standard InChI is InChI=1S/C8H12N4/c1-6-7(2-9-1)8(6)3-12-4-10-11-5-12/h4-9H,1-3H2/t6-,7+,8?. The van der Waals surface area contributed by atoms with Gasteiger partial charge in [-0.3, -0.25) is 0 Å². The number of fused-ring (bicyclic) bond motifs is 1. The van der Waals surface area contributed by atoms with Gasteiger partial charge < -0.3 is 9.88 Å². The number of nitrogens with one attached hydrogen (secondary N) is 1. The van der Waals surface area contributed by atoms with Gasteiger partial charge in [-0.05, 0) is 30.8 Å². The third kappa shape index (κ3) is 0.876. The Morgan fingerprint density at radius 3 is 2.58 bits per heavy atom. The fourth-order valence-corrected chi connectivity index (χ4v) is 2.38. The van der Waals surface area contributed by atoms with Gasteiger partial charge in [0.15, 0.2) is 0 Å². The molecule has 1 aliphatic heterocycles. The highest BCUT2D eigenvalue weighted by molar-refractivity contribution is 5.03. The molecule has 3 atom stereocenters. The molecule has 1 N–H and O–H groups in total. The van der Waals surface area contributed by atoms with Crippen LogP contribution in [-0.2, 0) is 6.54 Å². The third-order valence-corrected chi connectivity index (χ3v) is 3.16. The van der Waals surface area contributed by atoms with Gasteiger partial charge in [0.1, 0.15) is 12.7 Å². The normalized spacial score (nSPS) is 38.2. The summed E-state index contributed by atoms with van der Waals surface area (Å²) in [5.74, 6) is 2.77. The lowest BCUT2D eigenvalue weighted by Crippen LogP contribution is -2.16. The van der Waals surface area contributed by atoms with E-state index in [4.69, 9.17) is 0 Å². The van der Waals surface area contributed by atoms with E-state index in [-0.39, 0.29) is 0 Å². The predicted octanol–water partition coefficient (Wildman–Crippen LogP) is -0.257. The van der Waals surface area contributed by atoms with Crippen LogP contribution in [0.3, 0.4) is 0 Å². The molecule has 0 aromatic carbocycles. The summed E-state index contributed by atoms with van der Waals surface area (Å²) in [7, 11) is 0. The summed E-state index contributed by atoms with van der Waals surface area (Å²) >= 11 is 0. The van der Waals surface area contributed by atoms with Crippen LogP contribution in [0.4, 0.5) is 0 Å². The monoisotopic (exact) mass is 164 g/mol. The molecule has 1 saturated heterocycles. The van der Waals surface area contributed by atoms with Crippen LogP contribution in [0.15, 0.2) is 12.7 Å². The minimum atomic E-state index is 0.891. The Bertz CT molecular complexity index is 259. The average Bonchev–Trinajstić information content (AvgIpc) is 2.59. The number of piperidine rings is 1. The highest BCUT2D eigenvalue weighted by Crippen LogP contribution is 2.49. The van der Waals surface area contributed by atoms with Gasteiger partial charge in [-0.15, -0.1) is 10.2 Å². The molecule has 0 amide bonds. The Labute approximate surface area is 71.0 Å². The minimum absolute atomic E-state index is 0.891. The lowest BCUT2D eigenvalue weighted by Gasteiger charge is -2.03. The molecule has 12 heavy (non-hydrogen) atoms. The fraction of sp³-hybridized carbons (Fsp3) is 0.750. The first-order chi connectivity index (χ1) is 5.95. The summed E-state index contributed by atoms with van der Waals surface area (Å²) in [5, 5.41) is 11.0. The van der Waals surface area contributed by atoms with Crippen LogP contribution >= 0.6 is 0 Å². The van der Waals surface area contributed by atoms with Crippen molar-refractivity contribution in [1.29, 1.82) is 0 Å². The van der Waals surface area contributed by atoms with Gasteiger partial charge in [-0.2, -0.15) is 0 Å². The van der Waals surface area contributed by atoms with Crippen LogP contribution in [0.25, 0.3) is 0 Å². The first-order valence-electron chi connectivity index (χ1n) is 4.48. The smallest absolute Gasteiger partial charge is 0.119 e. The molecule has 0 bridgehead atoms. The molecule has 0 radical (unpaired) electrons. The van der Waals surface area contributed by atoms with Gasteiger partial charge >= 0.3 is 0 Å². The Morgan fingerprint density at radius 1 is 1.25 bits per heavy atom. The second kappa shape index (κ2) is 2.29. The molecule has 4 heteroatoms. The highest BCUT2D eigenvalue weighted by Gasteiger charge is 2.52. The number of aromatic nitrogens is 3. The zero-order valence-electron chi connectivity index (χ0n) is 6.85. The van der Waals surface area contributed by atoms with Crippen molar-refractivity contribution in [3.8, 4) is 0 Å². The summed E-state index contributed by atoms with van der Waals surface area (Å²) in [6, 6.07) is 0. The highest BCUT2D eigenvalue weighted by atomic mass is 15.2. The fourth-order valence-electron chi connectivity index (χ4n) is 2.38. The van der Waals surface area contributed by atoms with Crippen LogP contribution in [0, 0.1) is 17.8 Å². The zero-order chi connectivity index (χ0) is 7.97. The summed E-state index contributed by atoms with van der Waals surface area (Å²) < 4.78 is 2.09. The number of hydrogen-bond donors (Lipinski definition) is 1. The molecule has 4 nitrogen and oxygen atoms in total. The third-order valence-electron chi connectivity index (χ3n) is 3.16. The summed E-state index contributed by atoms with van der Waals surface area (Å²) in [6.45, 7) is 3.55. The Hall–Kier alpha value is -0.900.